The van der Waals surface area contributed by atoms with Gasteiger partial charge in [-0.05, 0) is 30.7 Å². The van der Waals surface area contributed by atoms with E-state index in [-0.39, 0.29) is 21.2 Å². The molecule has 0 saturated carbocycles. The van der Waals surface area contributed by atoms with E-state index in [1.165, 1.54) is 12.1 Å². The molecule has 0 saturated heterocycles. The molecular weight excluding hydrogens is 312 g/mol. The number of halogens is 1. The van der Waals surface area contributed by atoms with Crippen molar-refractivity contribution in [2.45, 2.75) is 17.6 Å². The second-order valence-corrected chi connectivity index (χ2v) is 7.09. The highest BCUT2D eigenvalue weighted by Gasteiger charge is 2.19. The zero-order valence-electron chi connectivity index (χ0n) is 11.2. The first-order chi connectivity index (χ1) is 9.79. The Bertz CT molecular complexity index is 797. The van der Waals surface area contributed by atoms with Crippen LogP contribution in [0.5, 0.6) is 0 Å². The van der Waals surface area contributed by atoms with E-state index in [2.05, 4.69) is 0 Å². The monoisotopic (exact) mass is 324 g/mol. The molecule has 0 bridgehead atoms. The van der Waals surface area contributed by atoms with E-state index < -0.39 is 15.8 Å². The SMILES string of the molecule is Cc1cccc(CS(=O)(=O)c2ccc(Cl)c(C(=O)O)c2)c1. The first-order valence-corrected chi connectivity index (χ1v) is 8.14. The molecule has 0 aliphatic carbocycles. The van der Waals surface area contributed by atoms with Crippen molar-refractivity contribution in [2.24, 2.45) is 0 Å². The van der Waals surface area contributed by atoms with Gasteiger partial charge in [0.1, 0.15) is 0 Å². The van der Waals surface area contributed by atoms with Crippen LogP contribution < -0.4 is 0 Å². The van der Waals surface area contributed by atoms with Gasteiger partial charge >= 0.3 is 5.97 Å². The van der Waals surface area contributed by atoms with Crippen LogP contribution >= 0.6 is 11.6 Å². The predicted octanol–water partition coefficient (Wildman–Crippen LogP) is 3.32. The Morgan fingerprint density at radius 1 is 1.19 bits per heavy atom. The lowest BCUT2D eigenvalue weighted by Crippen LogP contribution is -2.07. The Kier molecular flexibility index (Phi) is 4.34. The van der Waals surface area contributed by atoms with Crippen LogP contribution in [0.25, 0.3) is 0 Å². The van der Waals surface area contributed by atoms with Gasteiger partial charge in [0, 0.05) is 0 Å². The summed E-state index contributed by atoms with van der Waals surface area (Å²) in [5.41, 5.74) is 1.40. The normalized spacial score (nSPS) is 11.3. The van der Waals surface area contributed by atoms with E-state index in [0.29, 0.717) is 5.56 Å². The van der Waals surface area contributed by atoms with Crippen molar-refractivity contribution in [3.05, 3.63) is 64.2 Å². The Hall–Kier alpha value is -1.85. The van der Waals surface area contributed by atoms with Crippen molar-refractivity contribution in [3.8, 4) is 0 Å². The minimum absolute atomic E-state index is 0.0111. The van der Waals surface area contributed by atoms with Gasteiger partial charge in [0.25, 0.3) is 0 Å². The van der Waals surface area contributed by atoms with Crippen LogP contribution in [0, 0.1) is 6.92 Å². The van der Waals surface area contributed by atoms with Gasteiger partial charge in [-0.1, -0.05) is 41.4 Å². The number of benzene rings is 2. The molecule has 0 aliphatic heterocycles. The van der Waals surface area contributed by atoms with E-state index in [9.17, 15) is 13.2 Å². The van der Waals surface area contributed by atoms with Crippen molar-refractivity contribution in [1.82, 2.24) is 0 Å². The van der Waals surface area contributed by atoms with Crippen molar-refractivity contribution >= 4 is 27.4 Å². The number of carboxylic acids is 1. The van der Waals surface area contributed by atoms with Crippen molar-refractivity contribution < 1.29 is 18.3 Å². The summed E-state index contributed by atoms with van der Waals surface area (Å²) in [5, 5.41) is 9.01. The average Bonchev–Trinajstić information content (AvgIpc) is 2.38. The molecule has 0 atom stereocenters. The van der Waals surface area contributed by atoms with Gasteiger partial charge < -0.3 is 5.11 Å². The van der Waals surface area contributed by atoms with Crippen LogP contribution in [0.15, 0.2) is 47.4 Å². The highest BCUT2D eigenvalue weighted by Crippen LogP contribution is 2.23. The summed E-state index contributed by atoms with van der Waals surface area (Å²) < 4.78 is 24.7. The molecule has 0 aromatic heterocycles. The van der Waals surface area contributed by atoms with Crippen molar-refractivity contribution in [2.75, 3.05) is 0 Å². The van der Waals surface area contributed by atoms with Crippen LogP contribution in [0.3, 0.4) is 0 Å². The summed E-state index contributed by atoms with van der Waals surface area (Å²) in [5.74, 6) is -1.44. The Labute approximate surface area is 127 Å². The van der Waals surface area contributed by atoms with Gasteiger partial charge in [0.15, 0.2) is 9.84 Å². The highest BCUT2D eigenvalue weighted by molar-refractivity contribution is 7.90. The lowest BCUT2D eigenvalue weighted by molar-refractivity contribution is 0.0697. The maximum atomic E-state index is 12.4. The van der Waals surface area contributed by atoms with Gasteiger partial charge in [-0.2, -0.15) is 0 Å². The Balaban J connectivity index is 2.40. The maximum absolute atomic E-state index is 12.4. The molecule has 2 rings (SSSR count). The third kappa shape index (κ3) is 3.62. The molecule has 6 heteroatoms. The molecule has 0 spiro atoms. The molecule has 2 aromatic rings. The number of sulfone groups is 1. The van der Waals surface area contributed by atoms with E-state index in [1.807, 2.05) is 13.0 Å². The van der Waals surface area contributed by atoms with Crippen LogP contribution in [0.4, 0.5) is 0 Å². The molecule has 110 valence electrons. The molecule has 4 nitrogen and oxygen atoms in total. The summed E-state index contributed by atoms with van der Waals surface area (Å²) in [6.07, 6.45) is 0. The first kappa shape index (κ1) is 15.5. The van der Waals surface area contributed by atoms with E-state index in [1.54, 1.807) is 18.2 Å². The number of rotatable bonds is 4. The number of aryl methyl sites for hydroxylation is 1. The van der Waals surface area contributed by atoms with Crippen LogP contribution in [-0.2, 0) is 15.6 Å². The number of hydrogen-bond donors (Lipinski definition) is 1. The van der Waals surface area contributed by atoms with Crippen LogP contribution in [-0.4, -0.2) is 19.5 Å². The third-order valence-electron chi connectivity index (χ3n) is 2.97. The summed E-state index contributed by atoms with van der Waals surface area (Å²) in [4.78, 5) is 11.0. The molecular formula is C15H13ClO4S. The number of aromatic carboxylic acids is 1. The van der Waals surface area contributed by atoms with Crippen LogP contribution in [0.1, 0.15) is 21.5 Å². The molecule has 0 fully saturated rings. The molecule has 0 heterocycles. The number of carboxylic acid groups (broad SMARTS) is 1. The van der Waals surface area contributed by atoms with Gasteiger partial charge in [0.05, 0.1) is 21.2 Å². The minimum atomic E-state index is -3.62. The average molecular weight is 325 g/mol. The number of hydrogen-bond acceptors (Lipinski definition) is 3. The molecule has 2 aromatic carbocycles. The molecule has 1 N–H and O–H groups in total. The molecule has 0 unspecified atom stereocenters. The Morgan fingerprint density at radius 3 is 2.52 bits per heavy atom. The predicted molar refractivity (Wildman–Crippen MR) is 80.5 cm³/mol. The Morgan fingerprint density at radius 2 is 1.90 bits per heavy atom. The summed E-state index contributed by atoms with van der Waals surface area (Å²) in [7, 11) is -3.62. The third-order valence-corrected chi connectivity index (χ3v) is 4.98. The topological polar surface area (TPSA) is 71.4 Å². The van der Waals surface area contributed by atoms with Crippen molar-refractivity contribution in [1.29, 1.82) is 0 Å². The quantitative estimate of drug-likeness (QED) is 0.936. The van der Waals surface area contributed by atoms with E-state index in [0.717, 1.165) is 11.6 Å². The highest BCUT2D eigenvalue weighted by atomic mass is 35.5. The minimum Gasteiger partial charge on any atom is -0.478 e. The second-order valence-electron chi connectivity index (χ2n) is 4.69. The van der Waals surface area contributed by atoms with Gasteiger partial charge in [-0.25, -0.2) is 13.2 Å². The zero-order chi connectivity index (χ0) is 15.6. The van der Waals surface area contributed by atoms with Gasteiger partial charge in [0.2, 0.25) is 0 Å². The smallest absolute Gasteiger partial charge is 0.337 e. The van der Waals surface area contributed by atoms with Gasteiger partial charge in [-0.3, -0.25) is 0 Å². The number of carbonyl (C=O) groups is 1. The van der Waals surface area contributed by atoms with Crippen LogP contribution in [0.2, 0.25) is 5.02 Å². The summed E-state index contributed by atoms with van der Waals surface area (Å²) in [6, 6.07) is 10.9. The summed E-state index contributed by atoms with van der Waals surface area (Å²) in [6.45, 7) is 1.88. The summed E-state index contributed by atoms with van der Waals surface area (Å²) >= 11 is 5.75. The van der Waals surface area contributed by atoms with E-state index in [4.69, 9.17) is 16.7 Å². The molecule has 0 radical (unpaired) electrons. The van der Waals surface area contributed by atoms with Gasteiger partial charge in [-0.15, -0.1) is 0 Å². The fraction of sp³-hybridized carbons (Fsp3) is 0.133. The fourth-order valence-electron chi connectivity index (χ4n) is 1.97. The zero-order valence-corrected chi connectivity index (χ0v) is 12.8. The lowest BCUT2D eigenvalue weighted by Gasteiger charge is -2.07. The molecule has 0 amide bonds. The maximum Gasteiger partial charge on any atom is 0.337 e. The standard InChI is InChI=1S/C15H13ClO4S/c1-10-3-2-4-11(7-10)9-21(19,20)12-5-6-14(16)13(8-12)15(17)18/h2-8H,9H2,1H3,(H,17,18). The molecule has 0 aliphatic rings. The fourth-order valence-corrected chi connectivity index (χ4v) is 3.52. The largest absolute Gasteiger partial charge is 0.478 e. The second kappa shape index (κ2) is 5.87. The molecule has 21 heavy (non-hydrogen) atoms. The van der Waals surface area contributed by atoms with Crippen molar-refractivity contribution in [3.63, 3.8) is 0 Å². The first-order valence-electron chi connectivity index (χ1n) is 6.11. The lowest BCUT2D eigenvalue weighted by atomic mass is 10.2. The van der Waals surface area contributed by atoms with E-state index >= 15 is 0 Å².